The Kier molecular flexibility index (Phi) is 10.6. The van der Waals surface area contributed by atoms with Gasteiger partial charge in [0.15, 0.2) is 5.75 Å². The van der Waals surface area contributed by atoms with Crippen molar-refractivity contribution in [2.45, 2.75) is 0 Å². The van der Waals surface area contributed by atoms with E-state index in [1.807, 2.05) is 0 Å². The fraction of sp³-hybridized carbons (Fsp3) is 0.250. The predicted octanol–water partition coefficient (Wildman–Crippen LogP) is -3.74. The topological polar surface area (TPSA) is 52.0 Å². The molecule has 48 valence electrons. The normalized spacial score (nSPS) is 6.75. The highest BCUT2D eigenvalue weighted by Crippen LogP contribution is 1.59. The molecule has 0 aromatic carbocycles. The van der Waals surface area contributed by atoms with Crippen LogP contribution in [0.25, 0.3) is 0 Å². The molecule has 0 spiro atoms. The SMILES string of the molecule is C=CC[S+]=C(N)N.[I-]. The second-order valence-electron chi connectivity index (χ2n) is 1.00. The van der Waals surface area contributed by atoms with Crippen LogP contribution >= 0.6 is 0 Å². The summed E-state index contributed by atoms with van der Waals surface area (Å²) in [5, 5.41) is 0.403. The van der Waals surface area contributed by atoms with E-state index < -0.39 is 0 Å². The van der Waals surface area contributed by atoms with E-state index in [4.69, 9.17) is 11.5 Å². The molecule has 0 saturated heterocycles. The molecular formula is C4H9IN2S. The Morgan fingerprint density at radius 3 is 2.25 bits per heavy atom. The van der Waals surface area contributed by atoms with Crippen LogP contribution in [0.4, 0.5) is 0 Å². The average Bonchev–Trinajstić information content (AvgIpc) is 1.61. The quantitative estimate of drug-likeness (QED) is 0.227. The first-order valence-corrected chi connectivity index (χ1v) is 2.87. The van der Waals surface area contributed by atoms with Gasteiger partial charge in [0.25, 0.3) is 0 Å². The molecule has 0 fully saturated rings. The van der Waals surface area contributed by atoms with Crippen LogP contribution in [0.2, 0.25) is 0 Å². The molecule has 0 aromatic rings. The van der Waals surface area contributed by atoms with E-state index in [0.29, 0.717) is 5.11 Å². The van der Waals surface area contributed by atoms with Gasteiger partial charge in [-0.3, -0.25) is 0 Å². The van der Waals surface area contributed by atoms with Gasteiger partial charge in [-0.15, -0.1) is 0 Å². The molecule has 0 aliphatic carbocycles. The minimum absolute atomic E-state index is 0. The second-order valence-corrected chi connectivity index (χ2v) is 2.10. The zero-order valence-electron chi connectivity index (χ0n) is 4.43. The molecule has 0 aromatic heterocycles. The van der Waals surface area contributed by atoms with Crippen molar-refractivity contribution < 1.29 is 24.0 Å². The fourth-order valence-electron chi connectivity index (χ4n) is 0.155. The van der Waals surface area contributed by atoms with Gasteiger partial charge in [0.1, 0.15) is 0 Å². The second kappa shape index (κ2) is 7.48. The van der Waals surface area contributed by atoms with Gasteiger partial charge in [0, 0.05) is 0 Å². The summed E-state index contributed by atoms with van der Waals surface area (Å²) in [6.07, 6.45) is 1.75. The lowest BCUT2D eigenvalue weighted by Gasteiger charge is -1.65. The van der Waals surface area contributed by atoms with E-state index in [9.17, 15) is 0 Å². The van der Waals surface area contributed by atoms with Crippen LogP contribution in [0.15, 0.2) is 12.7 Å². The zero-order valence-corrected chi connectivity index (χ0v) is 7.41. The summed E-state index contributed by atoms with van der Waals surface area (Å²) in [7, 11) is 0. The van der Waals surface area contributed by atoms with Gasteiger partial charge in [0.05, 0.1) is 0 Å². The number of hydrogen-bond acceptors (Lipinski definition) is 0. The molecule has 0 heterocycles. The maximum absolute atomic E-state index is 5.09. The monoisotopic (exact) mass is 244 g/mol. The summed E-state index contributed by atoms with van der Waals surface area (Å²) < 4.78 is 0. The molecule has 0 radical (unpaired) electrons. The number of halogens is 1. The first-order chi connectivity index (χ1) is 3.27. The summed E-state index contributed by atoms with van der Waals surface area (Å²) in [4.78, 5) is 0. The van der Waals surface area contributed by atoms with Gasteiger partial charge < -0.3 is 24.0 Å². The van der Waals surface area contributed by atoms with Gasteiger partial charge in [-0.2, -0.15) is 0 Å². The third-order valence-electron chi connectivity index (χ3n) is 0.368. The van der Waals surface area contributed by atoms with Crippen molar-refractivity contribution in [1.82, 2.24) is 0 Å². The summed E-state index contributed by atoms with van der Waals surface area (Å²) in [5.74, 6) is 0.794. The Hall–Kier alpha value is 0.480. The maximum Gasteiger partial charge on any atom is 0.315 e. The molecule has 8 heavy (non-hydrogen) atoms. The highest BCUT2D eigenvalue weighted by atomic mass is 127. The van der Waals surface area contributed by atoms with Crippen LogP contribution in [0.1, 0.15) is 0 Å². The Bertz CT molecular complexity index is 88.0. The molecule has 2 nitrogen and oxygen atoms in total. The molecule has 0 rings (SSSR count). The van der Waals surface area contributed by atoms with Crippen molar-refractivity contribution in [1.29, 1.82) is 0 Å². The first kappa shape index (κ1) is 11.3. The van der Waals surface area contributed by atoms with Crippen molar-refractivity contribution in [2.75, 3.05) is 5.75 Å². The lowest BCUT2D eigenvalue weighted by atomic mass is 10.8. The minimum Gasteiger partial charge on any atom is -1.00 e. The van der Waals surface area contributed by atoms with E-state index in [1.54, 1.807) is 6.08 Å². The van der Waals surface area contributed by atoms with Crippen molar-refractivity contribution in [3.63, 3.8) is 0 Å². The molecule has 0 aliphatic rings. The average molecular weight is 244 g/mol. The summed E-state index contributed by atoms with van der Waals surface area (Å²) in [5.41, 5.74) is 10.2. The molecule has 0 atom stereocenters. The molecule has 0 amide bonds. The van der Waals surface area contributed by atoms with E-state index in [0.717, 1.165) is 5.75 Å². The summed E-state index contributed by atoms with van der Waals surface area (Å²) in [6.45, 7) is 3.49. The third kappa shape index (κ3) is 9.70. The minimum atomic E-state index is 0. The fourth-order valence-corrected chi connectivity index (χ4v) is 0.465. The van der Waals surface area contributed by atoms with Gasteiger partial charge in [0.2, 0.25) is 11.4 Å². The van der Waals surface area contributed by atoms with E-state index in [1.165, 1.54) is 11.4 Å². The van der Waals surface area contributed by atoms with Crippen LogP contribution in [0.5, 0.6) is 0 Å². The van der Waals surface area contributed by atoms with Crippen LogP contribution in [0.3, 0.4) is 0 Å². The van der Waals surface area contributed by atoms with Crippen molar-refractivity contribution in [3.05, 3.63) is 12.7 Å². The van der Waals surface area contributed by atoms with E-state index in [2.05, 4.69) is 6.58 Å². The van der Waals surface area contributed by atoms with Gasteiger partial charge in [-0.1, -0.05) is 6.58 Å². The van der Waals surface area contributed by atoms with Crippen LogP contribution in [0, 0.1) is 0 Å². The molecular weight excluding hydrogens is 235 g/mol. The van der Waals surface area contributed by atoms with Gasteiger partial charge in [-0.25, -0.2) is 11.5 Å². The highest BCUT2D eigenvalue weighted by Gasteiger charge is 1.90. The standard InChI is InChI=1S/C4H9N2S.HI/c1-2-3-7-4(5)6;/h2H,1,3,5-6H2;1H/q+1;/p-1. The molecule has 0 bridgehead atoms. The zero-order chi connectivity index (χ0) is 5.70. The largest absolute Gasteiger partial charge is 1.00 e. The van der Waals surface area contributed by atoms with E-state index in [-0.39, 0.29) is 24.0 Å². The van der Waals surface area contributed by atoms with Crippen molar-refractivity contribution >= 4 is 16.5 Å². The Labute approximate surface area is 70.3 Å². The molecule has 4 heteroatoms. The van der Waals surface area contributed by atoms with Gasteiger partial charge in [-0.05, 0) is 6.08 Å². The number of rotatable bonds is 2. The lowest BCUT2D eigenvalue weighted by molar-refractivity contribution is -0.00000166. The molecule has 0 aliphatic heterocycles. The highest BCUT2D eigenvalue weighted by molar-refractivity contribution is 7.78. The maximum atomic E-state index is 5.09. The third-order valence-corrected chi connectivity index (χ3v) is 1.10. The number of hydrogen-bond donors (Lipinski definition) is 2. The summed E-state index contributed by atoms with van der Waals surface area (Å²) in [6, 6.07) is 0. The molecule has 0 unspecified atom stereocenters. The van der Waals surface area contributed by atoms with Gasteiger partial charge >= 0.3 is 5.11 Å². The smallest absolute Gasteiger partial charge is 0.315 e. The Balaban J connectivity index is 0. The van der Waals surface area contributed by atoms with Crippen molar-refractivity contribution in [3.8, 4) is 0 Å². The van der Waals surface area contributed by atoms with Crippen molar-refractivity contribution in [2.24, 2.45) is 11.5 Å². The summed E-state index contributed by atoms with van der Waals surface area (Å²) >= 11 is 1.39. The predicted molar refractivity (Wildman–Crippen MR) is 35.8 cm³/mol. The molecule has 0 saturated carbocycles. The number of nitrogens with two attached hydrogens (primary N) is 2. The van der Waals surface area contributed by atoms with Crippen LogP contribution in [-0.2, 0) is 11.4 Å². The van der Waals surface area contributed by atoms with Crippen LogP contribution in [-0.4, -0.2) is 10.9 Å². The Morgan fingerprint density at radius 1 is 1.62 bits per heavy atom. The van der Waals surface area contributed by atoms with Crippen LogP contribution < -0.4 is 35.4 Å². The Morgan fingerprint density at radius 2 is 2.12 bits per heavy atom. The first-order valence-electron chi connectivity index (χ1n) is 1.89. The molecule has 4 N–H and O–H groups in total. The van der Waals surface area contributed by atoms with E-state index >= 15 is 0 Å². The lowest BCUT2D eigenvalue weighted by Crippen LogP contribution is -3.00.